The van der Waals surface area contributed by atoms with E-state index < -0.39 is 0 Å². The summed E-state index contributed by atoms with van der Waals surface area (Å²) >= 11 is 0. The molecule has 1 fully saturated rings. The molecule has 2 amide bonds. The number of carbonyl (C=O) groups is 2. The van der Waals surface area contributed by atoms with E-state index in [1.54, 1.807) is 12.1 Å². The van der Waals surface area contributed by atoms with Gasteiger partial charge in [0.2, 0.25) is 11.8 Å². The lowest BCUT2D eigenvalue weighted by Gasteiger charge is -2.25. The number of aromatic nitrogens is 2. The zero-order chi connectivity index (χ0) is 25.9. The van der Waals surface area contributed by atoms with Crippen LogP contribution in [-0.2, 0) is 16.0 Å². The molecule has 8 heteroatoms. The quantitative estimate of drug-likeness (QED) is 0.538. The second-order valence-electron chi connectivity index (χ2n) is 9.94. The molecule has 0 radical (unpaired) electrons. The Bertz CT molecular complexity index is 1350. The maximum absolute atomic E-state index is 13.0. The zero-order valence-electron chi connectivity index (χ0n) is 21.5. The third kappa shape index (κ3) is 5.28. The van der Waals surface area contributed by atoms with Gasteiger partial charge in [-0.3, -0.25) is 14.4 Å². The number of fused-ring (bicyclic) bond motifs is 1. The summed E-state index contributed by atoms with van der Waals surface area (Å²) in [5, 5.41) is 4.61. The van der Waals surface area contributed by atoms with Crippen molar-refractivity contribution in [2.45, 2.75) is 45.6 Å². The Kier molecular flexibility index (Phi) is 7.08. The molecule has 192 valence electrons. The van der Waals surface area contributed by atoms with Gasteiger partial charge in [-0.1, -0.05) is 35.9 Å². The van der Waals surface area contributed by atoms with Crippen molar-refractivity contribution >= 4 is 23.3 Å². The number of amides is 2. The number of nitrogens with zero attached hydrogens (tertiary/aromatic N) is 5. The van der Waals surface area contributed by atoms with Gasteiger partial charge < -0.3 is 14.7 Å². The minimum absolute atomic E-state index is 0.00445. The average Bonchev–Trinajstić information content (AvgIpc) is 3.06. The molecule has 8 nitrogen and oxygen atoms in total. The Morgan fingerprint density at radius 2 is 1.65 bits per heavy atom. The molecule has 3 heterocycles. The molecule has 0 saturated carbocycles. The van der Waals surface area contributed by atoms with Crippen molar-refractivity contribution in [2.75, 3.05) is 36.0 Å². The molecule has 2 aliphatic rings. The van der Waals surface area contributed by atoms with E-state index >= 15 is 0 Å². The van der Waals surface area contributed by atoms with Crippen molar-refractivity contribution in [1.82, 2.24) is 14.7 Å². The fourth-order valence-electron chi connectivity index (χ4n) is 5.28. The van der Waals surface area contributed by atoms with Gasteiger partial charge in [0.15, 0.2) is 0 Å². The van der Waals surface area contributed by atoms with E-state index in [0.29, 0.717) is 25.5 Å². The van der Waals surface area contributed by atoms with Crippen LogP contribution in [0, 0.1) is 6.92 Å². The fraction of sp³-hybridized carbons (Fsp3) is 0.379. The summed E-state index contributed by atoms with van der Waals surface area (Å²) in [5.74, 6) is 0.726. The monoisotopic (exact) mass is 499 g/mol. The lowest BCUT2D eigenvalue weighted by Crippen LogP contribution is -2.38. The maximum atomic E-state index is 13.0. The molecule has 1 aromatic heterocycles. The number of benzene rings is 2. The van der Waals surface area contributed by atoms with Crippen molar-refractivity contribution < 1.29 is 9.59 Å². The molecule has 37 heavy (non-hydrogen) atoms. The predicted octanol–water partition coefficient (Wildman–Crippen LogP) is 3.34. The van der Waals surface area contributed by atoms with Crippen LogP contribution >= 0.6 is 0 Å². The number of carbonyl (C=O) groups excluding carboxylic acids is 2. The smallest absolute Gasteiger partial charge is 0.271 e. The van der Waals surface area contributed by atoms with Gasteiger partial charge in [0.1, 0.15) is 5.82 Å². The second-order valence-corrected chi connectivity index (χ2v) is 9.94. The topological polar surface area (TPSA) is 78.8 Å². The second kappa shape index (κ2) is 10.6. The third-order valence-corrected chi connectivity index (χ3v) is 7.27. The molecule has 1 unspecified atom stereocenters. The minimum Gasteiger partial charge on any atom is -0.353 e. The van der Waals surface area contributed by atoms with Crippen LogP contribution in [-0.4, -0.2) is 58.7 Å². The molecule has 1 atom stereocenters. The summed E-state index contributed by atoms with van der Waals surface area (Å²) in [6, 6.07) is 19.1. The van der Waals surface area contributed by atoms with Gasteiger partial charge in [-0.05, 0) is 56.5 Å². The molecule has 0 N–H and O–H groups in total. The number of aryl methyl sites for hydroxylation is 1. The van der Waals surface area contributed by atoms with E-state index in [-0.39, 0.29) is 36.3 Å². The summed E-state index contributed by atoms with van der Waals surface area (Å²) in [6.07, 6.45) is 2.06. The van der Waals surface area contributed by atoms with Crippen LogP contribution in [0.1, 0.15) is 37.3 Å². The minimum atomic E-state index is -0.182. The number of hydrogen-bond acceptors (Lipinski definition) is 5. The lowest BCUT2D eigenvalue weighted by atomic mass is 10.1. The summed E-state index contributed by atoms with van der Waals surface area (Å²) in [5.41, 5.74) is 3.82. The Balaban J connectivity index is 1.20. The van der Waals surface area contributed by atoms with Crippen molar-refractivity contribution in [3.63, 3.8) is 0 Å². The van der Waals surface area contributed by atoms with Crippen molar-refractivity contribution in [3.8, 4) is 5.69 Å². The Hall–Kier alpha value is -3.94. The fourth-order valence-corrected chi connectivity index (χ4v) is 5.28. The van der Waals surface area contributed by atoms with Crippen LogP contribution in [0.2, 0.25) is 0 Å². The van der Waals surface area contributed by atoms with Crippen molar-refractivity contribution in [2.24, 2.45) is 0 Å². The van der Waals surface area contributed by atoms with E-state index in [1.165, 1.54) is 10.2 Å². The van der Waals surface area contributed by atoms with E-state index in [4.69, 9.17) is 0 Å². The van der Waals surface area contributed by atoms with Crippen LogP contribution in [0.3, 0.4) is 0 Å². The largest absolute Gasteiger partial charge is 0.353 e. The highest BCUT2D eigenvalue weighted by molar-refractivity contribution is 5.97. The van der Waals surface area contributed by atoms with Crippen LogP contribution in [0.15, 0.2) is 65.5 Å². The molecule has 0 aliphatic carbocycles. The highest BCUT2D eigenvalue weighted by atomic mass is 16.2. The van der Waals surface area contributed by atoms with Crippen LogP contribution in [0.5, 0.6) is 0 Å². The molecule has 1 saturated heterocycles. The van der Waals surface area contributed by atoms with E-state index in [0.717, 1.165) is 36.3 Å². The number of hydrogen-bond donors (Lipinski definition) is 0. The van der Waals surface area contributed by atoms with E-state index in [2.05, 4.69) is 23.0 Å². The molecule has 2 aliphatic heterocycles. The van der Waals surface area contributed by atoms with Gasteiger partial charge in [-0.15, -0.1) is 5.10 Å². The van der Waals surface area contributed by atoms with Crippen molar-refractivity contribution in [3.05, 3.63) is 82.1 Å². The first-order valence-corrected chi connectivity index (χ1v) is 13.0. The Morgan fingerprint density at radius 1 is 0.892 bits per heavy atom. The van der Waals surface area contributed by atoms with Gasteiger partial charge in [0.05, 0.1) is 5.69 Å². The summed E-state index contributed by atoms with van der Waals surface area (Å²) < 4.78 is 1.42. The predicted molar refractivity (Wildman–Crippen MR) is 144 cm³/mol. The normalized spacial score (nSPS) is 17.5. The Morgan fingerprint density at radius 3 is 2.46 bits per heavy atom. The van der Waals surface area contributed by atoms with Gasteiger partial charge >= 0.3 is 0 Å². The molecule has 2 aromatic carbocycles. The van der Waals surface area contributed by atoms with Gasteiger partial charge in [-0.25, -0.2) is 0 Å². The maximum Gasteiger partial charge on any atom is 0.271 e. The van der Waals surface area contributed by atoms with Gasteiger partial charge in [-0.2, -0.15) is 4.68 Å². The molecular formula is C29H33N5O3. The first kappa shape index (κ1) is 24.7. The van der Waals surface area contributed by atoms with Crippen LogP contribution < -0.4 is 15.4 Å². The molecule has 5 rings (SSSR count). The lowest BCUT2D eigenvalue weighted by molar-refractivity contribution is -0.133. The summed E-state index contributed by atoms with van der Waals surface area (Å²) in [4.78, 5) is 44.3. The SMILES string of the molecule is Cc1ccc(-n2nc(N3CCCN(C(=O)CCC(=O)N4c5ccccc5CC4C)CC3)ccc2=O)cc1. The Labute approximate surface area is 217 Å². The standard InChI is InChI=1S/C29H33N5O3/c1-21-8-10-24(11-9-21)34-29(37)13-12-26(30-34)31-16-5-17-32(19-18-31)27(35)14-15-28(36)33-22(2)20-23-6-3-4-7-25(23)33/h3-4,6-13,22H,5,14-20H2,1-2H3. The highest BCUT2D eigenvalue weighted by Crippen LogP contribution is 2.32. The number of para-hydroxylation sites is 1. The zero-order valence-corrected chi connectivity index (χ0v) is 21.5. The molecule has 0 bridgehead atoms. The van der Waals surface area contributed by atoms with Gasteiger partial charge in [0, 0.05) is 56.8 Å². The average molecular weight is 500 g/mol. The first-order chi connectivity index (χ1) is 17.9. The van der Waals surface area contributed by atoms with Crippen LogP contribution in [0.25, 0.3) is 5.69 Å². The molecular weight excluding hydrogens is 466 g/mol. The third-order valence-electron chi connectivity index (χ3n) is 7.27. The summed E-state index contributed by atoms with van der Waals surface area (Å²) in [7, 11) is 0. The van der Waals surface area contributed by atoms with E-state index in [1.807, 2.05) is 59.2 Å². The highest BCUT2D eigenvalue weighted by Gasteiger charge is 2.31. The number of rotatable bonds is 5. The first-order valence-electron chi connectivity index (χ1n) is 13.0. The molecule has 3 aromatic rings. The van der Waals surface area contributed by atoms with Crippen molar-refractivity contribution in [1.29, 1.82) is 0 Å². The van der Waals surface area contributed by atoms with Crippen LogP contribution in [0.4, 0.5) is 11.5 Å². The van der Waals surface area contributed by atoms with Gasteiger partial charge in [0.25, 0.3) is 5.56 Å². The van der Waals surface area contributed by atoms with E-state index in [9.17, 15) is 14.4 Å². The number of anilines is 2. The summed E-state index contributed by atoms with van der Waals surface area (Å²) in [6.45, 7) is 6.62. The molecule has 0 spiro atoms.